The third kappa shape index (κ3) is 2.81. The highest BCUT2D eigenvalue weighted by Crippen LogP contribution is 2.43. The smallest absolute Gasteiger partial charge is 0.227 e. The molecule has 0 aliphatic carbocycles. The molecule has 172 valence electrons. The molecular formula is C28H29N5O. The van der Waals surface area contributed by atoms with Crippen LogP contribution >= 0.6 is 0 Å². The summed E-state index contributed by atoms with van der Waals surface area (Å²) in [4.78, 5) is 14.2. The maximum Gasteiger partial charge on any atom is 0.227 e. The lowest BCUT2D eigenvalue weighted by atomic mass is 9.85. The lowest BCUT2D eigenvalue weighted by molar-refractivity contribution is 0.153. The zero-order valence-electron chi connectivity index (χ0n) is 20.5. The minimum Gasteiger partial charge on any atom is -0.438 e. The SMILES string of the molecule is Cc1ccc2c(n1)oc1ccc(C)c(C(C)(C)N3C=CN(c4nc5ccccc5n4C)[C@H]3C)c12. The van der Waals surface area contributed by atoms with Gasteiger partial charge in [-0.05, 0) is 76.1 Å². The van der Waals surface area contributed by atoms with E-state index in [9.17, 15) is 0 Å². The Bertz CT molecular complexity index is 1610. The van der Waals surface area contributed by atoms with E-state index >= 15 is 0 Å². The average Bonchev–Trinajstić information content (AvgIpc) is 3.46. The number of para-hydroxylation sites is 2. The van der Waals surface area contributed by atoms with E-state index in [4.69, 9.17) is 9.40 Å². The number of fused-ring (bicyclic) bond motifs is 4. The van der Waals surface area contributed by atoms with Crippen LogP contribution in [0.4, 0.5) is 5.95 Å². The van der Waals surface area contributed by atoms with Crippen molar-refractivity contribution in [1.82, 2.24) is 19.4 Å². The molecule has 6 heteroatoms. The third-order valence-electron chi connectivity index (χ3n) is 7.30. The molecule has 4 heterocycles. The van der Waals surface area contributed by atoms with Crippen LogP contribution < -0.4 is 4.90 Å². The highest BCUT2D eigenvalue weighted by atomic mass is 16.3. The van der Waals surface area contributed by atoms with Crippen LogP contribution in [0.5, 0.6) is 0 Å². The quantitative estimate of drug-likeness (QED) is 0.319. The van der Waals surface area contributed by atoms with E-state index in [1.807, 2.05) is 13.0 Å². The Kier molecular flexibility index (Phi) is 4.34. The van der Waals surface area contributed by atoms with Gasteiger partial charge in [-0.1, -0.05) is 18.2 Å². The fraction of sp³-hybridized carbons (Fsp3) is 0.286. The second-order valence-corrected chi connectivity index (χ2v) is 9.80. The maximum atomic E-state index is 6.18. The molecule has 6 rings (SSSR count). The molecule has 0 saturated heterocycles. The van der Waals surface area contributed by atoms with Gasteiger partial charge in [0, 0.05) is 35.9 Å². The van der Waals surface area contributed by atoms with Crippen LogP contribution in [0.2, 0.25) is 0 Å². The van der Waals surface area contributed by atoms with Crippen LogP contribution in [-0.4, -0.2) is 25.6 Å². The van der Waals surface area contributed by atoms with Crippen molar-refractivity contribution in [3.63, 3.8) is 0 Å². The van der Waals surface area contributed by atoms with E-state index in [2.05, 4.69) is 109 Å². The van der Waals surface area contributed by atoms with Crippen molar-refractivity contribution in [2.45, 2.75) is 46.3 Å². The fourth-order valence-corrected chi connectivity index (χ4v) is 5.64. The molecule has 0 radical (unpaired) electrons. The summed E-state index contributed by atoms with van der Waals surface area (Å²) >= 11 is 0. The van der Waals surface area contributed by atoms with Crippen molar-refractivity contribution < 1.29 is 4.42 Å². The molecule has 0 fully saturated rings. The normalized spacial score (nSPS) is 16.6. The molecule has 1 atom stereocenters. The van der Waals surface area contributed by atoms with Crippen LogP contribution in [0, 0.1) is 13.8 Å². The second kappa shape index (κ2) is 7.10. The molecule has 34 heavy (non-hydrogen) atoms. The minimum atomic E-state index is -0.305. The van der Waals surface area contributed by atoms with Gasteiger partial charge in [-0.2, -0.15) is 0 Å². The molecule has 6 nitrogen and oxygen atoms in total. The van der Waals surface area contributed by atoms with E-state index in [-0.39, 0.29) is 11.7 Å². The van der Waals surface area contributed by atoms with Gasteiger partial charge < -0.3 is 13.9 Å². The number of nitrogens with zero attached hydrogens (tertiary/aromatic N) is 5. The van der Waals surface area contributed by atoms with E-state index in [1.54, 1.807) is 0 Å². The number of anilines is 1. The van der Waals surface area contributed by atoms with Crippen molar-refractivity contribution >= 4 is 39.1 Å². The molecule has 0 bridgehead atoms. The summed E-state index contributed by atoms with van der Waals surface area (Å²) in [5, 5.41) is 2.21. The van der Waals surface area contributed by atoms with Gasteiger partial charge in [0.1, 0.15) is 11.7 Å². The predicted octanol–water partition coefficient (Wildman–Crippen LogP) is 6.36. The molecule has 0 unspecified atom stereocenters. The van der Waals surface area contributed by atoms with Crippen molar-refractivity contribution in [3.05, 3.63) is 77.8 Å². The Morgan fingerprint density at radius 2 is 1.74 bits per heavy atom. The summed E-state index contributed by atoms with van der Waals surface area (Å²) in [5.41, 5.74) is 6.86. The number of imidazole rings is 1. The topological polar surface area (TPSA) is 50.3 Å². The molecular weight excluding hydrogens is 422 g/mol. The fourth-order valence-electron chi connectivity index (χ4n) is 5.64. The van der Waals surface area contributed by atoms with Gasteiger partial charge in [0.2, 0.25) is 11.7 Å². The number of rotatable bonds is 3. The first-order valence-corrected chi connectivity index (χ1v) is 11.7. The minimum absolute atomic E-state index is 0.0821. The summed E-state index contributed by atoms with van der Waals surface area (Å²) in [6, 6.07) is 16.7. The largest absolute Gasteiger partial charge is 0.438 e. The van der Waals surface area contributed by atoms with Crippen molar-refractivity contribution in [3.8, 4) is 0 Å². The van der Waals surface area contributed by atoms with Crippen LogP contribution in [0.3, 0.4) is 0 Å². The summed E-state index contributed by atoms with van der Waals surface area (Å²) in [6.45, 7) is 11.0. The lowest BCUT2D eigenvalue weighted by Gasteiger charge is -2.42. The van der Waals surface area contributed by atoms with Gasteiger partial charge in [0.15, 0.2) is 0 Å². The molecule has 3 aromatic heterocycles. The van der Waals surface area contributed by atoms with Crippen LogP contribution in [-0.2, 0) is 12.6 Å². The van der Waals surface area contributed by atoms with Crippen molar-refractivity contribution in [2.24, 2.45) is 7.05 Å². The average molecular weight is 452 g/mol. The molecule has 1 aliphatic heterocycles. The molecule has 2 aromatic carbocycles. The Balaban J connectivity index is 1.47. The first kappa shape index (κ1) is 20.8. The van der Waals surface area contributed by atoms with Gasteiger partial charge in [-0.3, -0.25) is 4.90 Å². The van der Waals surface area contributed by atoms with Crippen molar-refractivity contribution in [1.29, 1.82) is 0 Å². The number of hydrogen-bond acceptors (Lipinski definition) is 5. The first-order chi connectivity index (χ1) is 16.3. The standard InChI is InChI=1S/C28H29N5O/c1-17-11-14-23-24(20-13-12-18(2)29-26(20)34-23)25(17)28(4,5)33-16-15-32(19(33)3)27-30-21-9-7-8-10-22(21)31(27)6/h7-16,19H,1-6H3/t19-/m1/s1. The molecule has 5 aromatic rings. The molecule has 0 amide bonds. The van der Waals surface area contributed by atoms with E-state index in [0.717, 1.165) is 39.0 Å². The van der Waals surface area contributed by atoms with Gasteiger partial charge in [0.25, 0.3) is 0 Å². The zero-order chi connectivity index (χ0) is 23.8. The van der Waals surface area contributed by atoms with Crippen molar-refractivity contribution in [2.75, 3.05) is 4.90 Å². The lowest BCUT2D eigenvalue weighted by Crippen LogP contribution is -2.47. The zero-order valence-corrected chi connectivity index (χ0v) is 20.5. The van der Waals surface area contributed by atoms with Gasteiger partial charge >= 0.3 is 0 Å². The Morgan fingerprint density at radius 1 is 0.941 bits per heavy atom. The summed E-state index contributed by atoms with van der Waals surface area (Å²) in [6.07, 6.45) is 4.41. The van der Waals surface area contributed by atoms with Gasteiger partial charge in [-0.25, -0.2) is 9.97 Å². The number of benzene rings is 2. The third-order valence-corrected chi connectivity index (χ3v) is 7.30. The predicted molar refractivity (Wildman–Crippen MR) is 138 cm³/mol. The number of hydrogen-bond donors (Lipinski definition) is 0. The highest BCUT2D eigenvalue weighted by Gasteiger charge is 2.39. The van der Waals surface area contributed by atoms with Crippen LogP contribution in [0.25, 0.3) is 33.1 Å². The number of aryl methyl sites for hydroxylation is 3. The monoisotopic (exact) mass is 451 g/mol. The molecule has 0 spiro atoms. The number of aromatic nitrogens is 3. The second-order valence-electron chi connectivity index (χ2n) is 9.80. The highest BCUT2D eigenvalue weighted by molar-refractivity contribution is 6.06. The maximum absolute atomic E-state index is 6.18. The summed E-state index contributed by atoms with van der Waals surface area (Å²) < 4.78 is 8.34. The molecule has 0 N–H and O–H groups in total. The van der Waals surface area contributed by atoms with E-state index in [0.29, 0.717) is 5.71 Å². The van der Waals surface area contributed by atoms with E-state index in [1.165, 1.54) is 11.1 Å². The van der Waals surface area contributed by atoms with Crippen LogP contribution in [0.1, 0.15) is 37.6 Å². The first-order valence-electron chi connectivity index (χ1n) is 11.7. The van der Waals surface area contributed by atoms with Crippen LogP contribution in [0.15, 0.2) is 65.3 Å². The van der Waals surface area contributed by atoms with Gasteiger partial charge in [-0.15, -0.1) is 0 Å². The molecule has 0 saturated carbocycles. The number of furan rings is 1. The Hall–Kier alpha value is -3.80. The summed E-state index contributed by atoms with van der Waals surface area (Å²) in [5.74, 6) is 0.937. The Morgan fingerprint density at radius 3 is 2.53 bits per heavy atom. The Labute approximate surface area is 199 Å². The number of pyridine rings is 1. The summed E-state index contributed by atoms with van der Waals surface area (Å²) in [7, 11) is 2.08. The molecule has 1 aliphatic rings. The van der Waals surface area contributed by atoms with E-state index < -0.39 is 0 Å². The van der Waals surface area contributed by atoms with Gasteiger partial charge in [0.05, 0.1) is 16.6 Å².